The molecule has 12 heteroatoms. The van der Waals surface area contributed by atoms with Crippen molar-refractivity contribution in [1.82, 2.24) is 20.5 Å². The largest absolute Gasteiger partial charge is 0.401 e. The number of carbonyl (C=O) groups is 2. The van der Waals surface area contributed by atoms with Gasteiger partial charge in [0.2, 0.25) is 11.8 Å². The van der Waals surface area contributed by atoms with Crippen LogP contribution in [0.4, 0.5) is 0 Å². The fraction of sp³-hybridized carbons (Fsp3) is 0.658. The van der Waals surface area contributed by atoms with Gasteiger partial charge in [0.25, 0.3) is 0 Å². The molecule has 3 atom stereocenters. The van der Waals surface area contributed by atoms with Gasteiger partial charge in [-0.2, -0.15) is 0 Å². The number of nitrogens with one attached hydrogen (secondary N) is 2. The normalized spacial score (nSPS) is 18.6. The van der Waals surface area contributed by atoms with Crippen molar-refractivity contribution >= 4 is 23.2 Å². The second-order valence-corrected chi connectivity index (χ2v) is 15.2. The van der Waals surface area contributed by atoms with Crippen molar-refractivity contribution in [1.29, 1.82) is 0 Å². The van der Waals surface area contributed by atoms with Gasteiger partial charge < -0.3 is 40.2 Å². The van der Waals surface area contributed by atoms with Crippen LogP contribution in [-0.2, 0) is 28.5 Å². The van der Waals surface area contributed by atoms with Crippen LogP contribution in [0.3, 0.4) is 0 Å². The van der Waals surface area contributed by atoms with Crippen molar-refractivity contribution in [3.63, 3.8) is 0 Å². The minimum atomic E-state index is -0.572. The number of aromatic nitrogens is 1. The minimum absolute atomic E-state index is 0.0803. The SMILES string of the molecule is COCCOCCOCCOCC(NC(=O)C1CCCN1C(=O)C(N/C=C(\N)C1CCCCC1)C(C)(C)C)c1ccc(-c2scnc2C)cc1. The van der Waals surface area contributed by atoms with Crippen LogP contribution in [-0.4, -0.2) is 93.7 Å². The zero-order valence-electron chi connectivity index (χ0n) is 30.7. The van der Waals surface area contributed by atoms with Gasteiger partial charge in [0.15, 0.2) is 0 Å². The lowest BCUT2D eigenvalue weighted by molar-refractivity contribution is -0.142. The van der Waals surface area contributed by atoms with Gasteiger partial charge in [-0.25, -0.2) is 4.98 Å². The smallest absolute Gasteiger partial charge is 0.246 e. The number of ether oxygens (including phenoxy) is 4. The highest BCUT2D eigenvalue weighted by Crippen LogP contribution is 2.31. The molecule has 2 aromatic rings. The second kappa shape index (κ2) is 20.1. The Balaban J connectivity index is 1.41. The Hall–Kier alpha value is -3.03. The number of nitrogens with zero attached hydrogens (tertiary/aromatic N) is 2. The van der Waals surface area contributed by atoms with E-state index in [2.05, 4.69) is 27.8 Å². The Labute approximate surface area is 302 Å². The van der Waals surface area contributed by atoms with Crippen LogP contribution < -0.4 is 16.4 Å². The minimum Gasteiger partial charge on any atom is -0.401 e. The highest BCUT2D eigenvalue weighted by atomic mass is 32.1. The quantitative estimate of drug-likeness (QED) is 0.165. The van der Waals surface area contributed by atoms with E-state index in [-0.39, 0.29) is 18.4 Å². The molecular weight excluding hydrogens is 655 g/mol. The van der Waals surface area contributed by atoms with Crippen LogP contribution in [0.25, 0.3) is 10.4 Å². The molecule has 1 aliphatic heterocycles. The molecule has 1 aromatic heterocycles. The first kappa shape index (κ1) is 39.8. The average Bonchev–Trinajstić information content (AvgIpc) is 3.78. The molecule has 0 bridgehead atoms. The lowest BCUT2D eigenvalue weighted by atomic mass is 9.85. The maximum Gasteiger partial charge on any atom is 0.246 e. The molecular formula is C38H59N5O6S. The van der Waals surface area contributed by atoms with Gasteiger partial charge in [0.1, 0.15) is 12.1 Å². The second-order valence-electron chi connectivity index (χ2n) is 14.4. The number of benzene rings is 1. The van der Waals surface area contributed by atoms with Crippen LogP contribution in [0.1, 0.15) is 83.0 Å². The number of rotatable bonds is 19. The Bertz CT molecular complexity index is 1350. The standard InChI is InChI=1S/C38H59N5O6S/c1-27-34(50-26-41-27)30-15-13-29(14-16-30)32(25-49-23-22-48-21-20-47-19-18-46-5)42-36(44)33-12-9-17-43(33)37(45)35(38(2,3)4)40-24-31(39)28-10-7-6-8-11-28/h13-16,24,26,28,32-33,35,40H,6-12,17-23,25,39H2,1-5H3,(H,42,44)/b31-24-. The van der Waals surface area contributed by atoms with E-state index in [0.29, 0.717) is 58.5 Å². The number of hydrogen-bond acceptors (Lipinski definition) is 10. The highest BCUT2D eigenvalue weighted by Gasteiger charge is 2.41. The predicted molar refractivity (Wildman–Crippen MR) is 197 cm³/mol. The first-order valence-electron chi connectivity index (χ1n) is 18.1. The lowest BCUT2D eigenvalue weighted by Crippen LogP contribution is -2.56. The van der Waals surface area contributed by atoms with E-state index in [1.54, 1.807) is 23.3 Å². The number of nitrogens with two attached hydrogens (primary N) is 1. The van der Waals surface area contributed by atoms with Crippen LogP contribution in [0.2, 0.25) is 0 Å². The van der Waals surface area contributed by atoms with Gasteiger partial charge in [0, 0.05) is 25.6 Å². The summed E-state index contributed by atoms with van der Waals surface area (Å²) in [6.07, 6.45) is 9.01. The zero-order valence-corrected chi connectivity index (χ0v) is 31.5. The molecule has 50 heavy (non-hydrogen) atoms. The molecule has 0 radical (unpaired) electrons. The van der Waals surface area contributed by atoms with Crippen molar-refractivity contribution < 1.29 is 28.5 Å². The summed E-state index contributed by atoms with van der Waals surface area (Å²) in [6, 6.07) is 6.65. The maximum absolute atomic E-state index is 14.2. The summed E-state index contributed by atoms with van der Waals surface area (Å²) in [5.41, 5.74) is 11.7. The third-order valence-electron chi connectivity index (χ3n) is 9.54. The topological polar surface area (TPSA) is 137 Å². The molecule has 0 spiro atoms. The van der Waals surface area contributed by atoms with Gasteiger partial charge in [-0.3, -0.25) is 9.59 Å². The third kappa shape index (κ3) is 11.8. The van der Waals surface area contributed by atoms with Gasteiger partial charge >= 0.3 is 0 Å². The van der Waals surface area contributed by atoms with Gasteiger partial charge in [0.05, 0.1) is 68.4 Å². The van der Waals surface area contributed by atoms with E-state index >= 15 is 0 Å². The Kier molecular flexibility index (Phi) is 16.0. The number of carbonyl (C=O) groups excluding carboxylic acids is 2. The molecule has 1 saturated carbocycles. The highest BCUT2D eigenvalue weighted by molar-refractivity contribution is 7.13. The fourth-order valence-electron chi connectivity index (χ4n) is 6.61. The number of amides is 2. The lowest BCUT2D eigenvalue weighted by Gasteiger charge is -2.36. The van der Waals surface area contributed by atoms with Crippen LogP contribution in [0.15, 0.2) is 41.7 Å². The van der Waals surface area contributed by atoms with E-state index in [9.17, 15) is 9.59 Å². The van der Waals surface area contributed by atoms with Crippen LogP contribution in [0, 0.1) is 18.3 Å². The number of hydrogen-bond donors (Lipinski definition) is 3. The summed E-state index contributed by atoms with van der Waals surface area (Å²) in [5.74, 6) is 0.0904. The average molecular weight is 714 g/mol. The molecule has 2 aliphatic rings. The zero-order chi connectivity index (χ0) is 35.9. The number of likely N-dealkylation sites (tertiary alicyclic amines) is 1. The molecule has 1 aliphatic carbocycles. The Morgan fingerprint density at radius 1 is 0.980 bits per heavy atom. The number of thiazole rings is 1. The molecule has 2 heterocycles. The van der Waals surface area contributed by atoms with E-state index < -0.39 is 23.5 Å². The summed E-state index contributed by atoms with van der Waals surface area (Å²) in [5, 5.41) is 6.62. The van der Waals surface area contributed by atoms with E-state index in [1.165, 1.54) is 19.3 Å². The monoisotopic (exact) mass is 713 g/mol. The number of allylic oxidation sites excluding steroid dienone is 1. The number of methoxy groups -OCH3 is 1. The molecule has 278 valence electrons. The summed E-state index contributed by atoms with van der Waals surface area (Å²) in [6.45, 7) is 11.7. The van der Waals surface area contributed by atoms with Crippen molar-refractivity contribution in [2.24, 2.45) is 17.1 Å². The molecule has 3 unspecified atom stereocenters. The first-order chi connectivity index (χ1) is 24.1. The van der Waals surface area contributed by atoms with Gasteiger partial charge in [-0.05, 0) is 55.1 Å². The molecule has 1 saturated heterocycles. The first-order valence-corrected chi connectivity index (χ1v) is 19.0. The summed E-state index contributed by atoms with van der Waals surface area (Å²) >= 11 is 1.60. The molecule has 2 amide bonds. The van der Waals surface area contributed by atoms with E-state index in [4.69, 9.17) is 24.7 Å². The van der Waals surface area contributed by atoms with Crippen molar-refractivity contribution in [3.05, 3.63) is 52.9 Å². The summed E-state index contributed by atoms with van der Waals surface area (Å²) < 4.78 is 22.1. The van der Waals surface area contributed by atoms with Crippen LogP contribution in [0.5, 0.6) is 0 Å². The molecule has 11 nitrogen and oxygen atoms in total. The predicted octanol–water partition coefficient (Wildman–Crippen LogP) is 5.35. The fourth-order valence-corrected chi connectivity index (χ4v) is 7.42. The third-order valence-corrected chi connectivity index (χ3v) is 10.5. The summed E-state index contributed by atoms with van der Waals surface area (Å²) in [4.78, 5) is 35.4. The maximum atomic E-state index is 14.2. The molecule has 4 rings (SSSR count). The van der Waals surface area contributed by atoms with Gasteiger partial charge in [-0.15, -0.1) is 11.3 Å². The van der Waals surface area contributed by atoms with E-state index in [1.807, 2.05) is 51.5 Å². The van der Waals surface area contributed by atoms with Crippen molar-refractivity contribution in [3.8, 4) is 10.4 Å². The van der Waals surface area contributed by atoms with Crippen molar-refractivity contribution in [2.45, 2.75) is 90.8 Å². The molecule has 2 fully saturated rings. The van der Waals surface area contributed by atoms with Crippen molar-refractivity contribution in [2.75, 3.05) is 59.9 Å². The Morgan fingerprint density at radius 3 is 2.26 bits per heavy atom. The Morgan fingerprint density at radius 2 is 1.64 bits per heavy atom. The number of aryl methyl sites for hydroxylation is 1. The molecule has 4 N–H and O–H groups in total. The summed E-state index contributed by atoms with van der Waals surface area (Å²) in [7, 11) is 1.64. The molecule has 1 aromatic carbocycles. The van der Waals surface area contributed by atoms with E-state index in [0.717, 1.165) is 46.7 Å². The van der Waals surface area contributed by atoms with Crippen LogP contribution >= 0.6 is 11.3 Å². The van der Waals surface area contributed by atoms with Gasteiger partial charge in [-0.1, -0.05) is 64.3 Å².